The SMILES string of the molecule is CCCCOCN(COC)c1nc(-c2ccccc2)nc(N(COC)COCCCC)n1. The summed E-state index contributed by atoms with van der Waals surface area (Å²) in [4.78, 5) is 17.8. The van der Waals surface area contributed by atoms with E-state index in [2.05, 4.69) is 13.8 Å². The zero-order valence-electron chi connectivity index (χ0n) is 19.8. The first-order chi connectivity index (χ1) is 15.7. The highest BCUT2D eigenvalue weighted by Gasteiger charge is 2.19. The first kappa shape index (κ1) is 25.9. The third-order valence-electron chi connectivity index (χ3n) is 4.56. The molecule has 1 heterocycles. The van der Waals surface area contributed by atoms with Crippen molar-refractivity contribution in [2.45, 2.75) is 39.5 Å². The standard InChI is InChI=1S/C23H37N5O4/c1-5-7-14-31-18-27(16-29-3)22-24-21(20-12-10-9-11-13-20)25-23(26-22)28(17-30-4)19-32-15-8-6-2/h9-13H,5-8,14-19H2,1-4H3. The molecule has 0 aliphatic rings. The summed E-state index contributed by atoms with van der Waals surface area (Å²) in [5.41, 5.74) is 0.894. The predicted molar refractivity (Wildman–Crippen MR) is 125 cm³/mol. The molecular formula is C23H37N5O4. The molecule has 0 unspecified atom stereocenters. The van der Waals surface area contributed by atoms with Gasteiger partial charge in [-0.3, -0.25) is 9.80 Å². The van der Waals surface area contributed by atoms with Crippen molar-refractivity contribution < 1.29 is 18.9 Å². The van der Waals surface area contributed by atoms with Gasteiger partial charge in [0.2, 0.25) is 11.9 Å². The third-order valence-corrected chi connectivity index (χ3v) is 4.56. The highest BCUT2D eigenvalue weighted by molar-refractivity contribution is 5.58. The van der Waals surface area contributed by atoms with E-state index in [4.69, 9.17) is 33.9 Å². The maximum Gasteiger partial charge on any atom is 0.234 e. The molecule has 0 aliphatic carbocycles. The number of benzene rings is 1. The summed E-state index contributed by atoms with van der Waals surface area (Å²) < 4.78 is 22.4. The van der Waals surface area contributed by atoms with Crippen molar-refractivity contribution in [2.24, 2.45) is 0 Å². The van der Waals surface area contributed by atoms with Crippen LogP contribution in [0.4, 0.5) is 11.9 Å². The lowest BCUT2D eigenvalue weighted by molar-refractivity contribution is 0.0997. The molecule has 9 nitrogen and oxygen atoms in total. The number of rotatable bonds is 17. The molecule has 0 saturated carbocycles. The molecule has 1 aromatic carbocycles. The van der Waals surface area contributed by atoms with Gasteiger partial charge in [0.25, 0.3) is 0 Å². The minimum Gasteiger partial charge on any atom is -0.364 e. The van der Waals surface area contributed by atoms with E-state index in [9.17, 15) is 0 Å². The Labute approximate surface area is 191 Å². The number of hydrogen-bond acceptors (Lipinski definition) is 9. The highest BCUT2D eigenvalue weighted by Crippen LogP contribution is 2.21. The Morgan fingerprint density at radius 2 is 1.19 bits per heavy atom. The molecule has 2 rings (SSSR count). The summed E-state index contributed by atoms with van der Waals surface area (Å²) in [5.74, 6) is 1.51. The van der Waals surface area contributed by atoms with Gasteiger partial charge >= 0.3 is 0 Å². The average molecular weight is 448 g/mol. The molecular weight excluding hydrogens is 410 g/mol. The number of methoxy groups -OCH3 is 2. The van der Waals surface area contributed by atoms with E-state index in [0.717, 1.165) is 31.2 Å². The van der Waals surface area contributed by atoms with Crippen LogP contribution >= 0.6 is 0 Å². The molecule has 0 N–H and O–H groups in total. The maximum atomic E-state index is 5.81. The van der Waals surface area contributed by atoms with Crippen molar-refractivity contribution in [1.82, 2.24) is 15.0 Å². The minimum absolute atomic E-state index is 0.293. The van der Waals surface area contributed by atoms with E-state index in [-0.39, 0.29) is 0 Å². The lowest BCUT2D eigenvalue weighted by Crippen LogP contribution is -2.34. The molecule has 0 radical (unpaired) electrons. The van der Waals surface area contributed by atoms with Crippen LogP contribution in [0, 0.1) is 0 Å². The van der Waals surface area contributed by atoms with Crippen LogP contribution in [0.1, 0.15) is 39.5 Å². The van der Waals surface area contributed by atoms with Crippen LogP contribution in [-0.2, 0) is 18.9 Å². The maximum absolute atomic E-state index is 5.81. The molecule has 0 spiro atoms. The number of ether oxygens (including phenoxy) is 4. The number of anilines is 2. The summed E-state index contributed by atoms with van der Waals surface area (Å²) >= 11 is 0. The van der Waals surface area contributed by atoms with Crippen molar-refractivity contribution >= 4 is 11.9 Å². The molecule has 0 amide bonds. The second-order valence-electron chi connectivity index (χ2n) is 7.32. The molecule has 0 fully saturated rings. The van der Waals surface area contributed by atoms with E-state index in [1.807, 2.05) is 40.1 Å². The lowest BCUT2D eigenvalue weighted by atomic mass is 10.2. The fraction of sp³-hybridized carbons (Fsp3) is 0.609. The van der Waals surface area contributed by atoms with Crippen LogP contribution in [0.25, 0.3) is 11.4 Å². The third kappa shape index (κ3) is 8.66. The van der Waals surface area contributed by atoms with Crippen LogP contribution in [0.15, 0.2) is 30.3 Å². The van der Waals surface area contributed by atoms with Crippen molar-refractivity contribution in [1.29, 1.82) is 0 Å². The first-order valence-electron chi connectivity index (χ1n) is 11.2. The molecule has 0 atom stereocenters. The molecule has 0 bridgehead atoms. The van der Waals surface area contributed by atoms with Crippen molar-refractivity contribution in [3.8, 4) is 11.4 Å². The van der Waals surface area contributed by atoms with Crippen LogP contribution < -0.4 is 9.80 Å². The van der Waals surface area contributed by atoms with Crippen LogP contribution in [0.3, 0.4) is 0 Å². The minimum atomic E-state index is 0.293. The van der Waals surface area contributed by atoms with Gasteiger partial charge in [-0.05, 0) is 12.8 Å². The number of hydrogen-bond donors (Lipinski definition) is 0. The smallest absolute Gasteiger partial charge is 0.234 e. The number of aromatic nitrogens is 3. The molecule has 1 aromatic heterocycles. The molecule has 9 heteroatoms. The summed E-state index contributed by atoms with van der Waals surface area (Å²) in [6.07, 6.45) is 4.13. The predicted octanol–water partition coefficient (Wildman–Crippen LogP) is 3.91. The van der Waals surface area contributed by atoms with Gasteiger partial charge in [0.05, 0.1) is 0 Å². The van der Waals surface area contributed by atoms with E-state index in [1.54, 1.807) is 14.2 Å². The highest BCUT2D eigenvalue weighted by atomic mass is 16.5. The molecule has 32 heavy (non-hydrogen) atoms. The monoisotopic (exact) mass is 447 g/mol. The van der Waals surface area contributed by atoms with Gasteiger partial charge in [-0.25, -0.2) is 0 Å². The fourth-order valence-electron chi connectivity index (χ4n) is 2.81. The fourth-order valence-corrected chi connectivity index (χ4v) is 2.81. The van der Waals surface area contributed by atoms with Crippen molar-refractivity contribution in [3.63, 3.8) is 0 Å². The van der Waals surface area contributed by atoms with E-state index >= 15 is 0 Å². The van der Waals surface area contributed by atoms with Gasteiger partial charge in [-0.15, -0.1) is 0 Å². The topological polar surface area (TPSA) is 82.1 Å². The second-order valence-corrected chi connectivity index (χ2v) is 7.32. The summed E-state index contributed by atoms with van der Waals surface area (Å²) in [5, 5.41) is 0. The molecule has 0 saturated heterocycles. The molecule has 0 aliphatic heterocycles. The molecule has 178 valence electrons. The van der Waals surface area contributed by atoms with E-state index in [0.29, 0.717) is 57.9 Å². The second kappa shape index (κ2) is 15.5. The van der Waals surface area contributed by atoms with Gasteiger partial charge in [-0.1, -0.05) is 57.0 Å². The number of nitrogens with zero attached hydrogens (tertiary/aromatic N) is 5. The Balaban J connectivity index is 2.36. The quantitative estimate of drug-likeness (QED) is 0.265. The molecule has 2 aromatic rings. The van der Waals surface area contributed by atoms with E-state index in [1.165, 1.54) is 0 Å². The van der Waals surface area contributed by atoms with Gasteiger partial charge in [0.15, 0.2) is 5.82 Å². The summed E-state index contributed by atoms with van der Waals surface area (Å²) in [7, 11) is 3.27. The normalized spacial score (nSPS) is 11.0. The van der Waals surface area contributed by atoms with Gasteiger partial charge in [0.1, 0.15) is 26.9 Å². The Morgan fingerprint density at radius 1 is 0.688 bits per heavy atom. The Morgan fingerprint density at radius 3 is 1.62 bits per heavy atom. The lowest BCUT2D eigenvalue weighted by Gasteiger charge is -2.25. The number of unbranched alkanes of at least 4 members (excludes halogenated alkanes) is 2. The Kier molecular flexibility index (Phi) is 12.5. The Hall–Kier alpha value is -2.33. The zero-order valence-corrected chi connectivity index (χ0v) is 19.8. The first-order valence-corrected chi connectivity index (χ1v) is 11.2. The average Bonchev–Trinajstić information content (AvgIpc) is 2.83. The summed E-state index contributed by atoms with van der Waals surface area (Å²) in [6, 6.07) is 9.82. The summed E-state index contributed by atoms with van der Waals surface area (Å²) in [6.45, 7) is 6.83. The largest absolute Gasteiger partial charge is 0.364 e. The van der Waals surface area contributed by atoms with Crippen molar-refractivity contribution in [2.75, 3.05) is 64.2 Å². The van der Waals surface area contributed by atoms with Crippen LogP contribution in [0.5, 0.6) is 0 Å². The van der Waals surface area contributed by atoms with Gasteiger partial charge in [-0.2, -0.15) is 15.0 Å². The van der Waals surface area contributed by atoms with Crippen LogP contribution in [0.2, 0.25) is 0 Å². The van der Waals surface area contributed by atoms with E-state index < -0.39 is 0 Å². The zero-order chi connectivity index (χ0) is 23.0. The van der Waals surface area contributed by atoms with Gasteiger partial charge in [0, 0.05) is 33.0 Å². The Bertz CT molecular complexity index is 710. The van der Waals surface area contributed by atoms with Crippen LogP contribution in [-0.4, -0.2) is 69.3 Å². The van der Waals surface area contributed by atoms with Gasteiger partial charge < -0.3 is 18.9 Å². The van der Waals surface area contributed by atoms with Crippen molar-refractivity contribution in [3.05, 3.63) is 30.3 Å².